The third-order valence-corrected chi connectivity index (χ3v) is 6.80. The molecule has 1 aromatic carbocycles. The molecule has 1 N–H and O–H groups in total. The molecule has 1 unspecified atom stereocenters. The predicted molar refractivity (Wildman–Crippen MR) is 96.6 cm³/mol. The van der Waals surface area contributed by atoms with Crippen molar-refractivity contribution in [1.29, 1.82) is 0 Å². The summed E-state index contributed by atoms with van der Waals surface area (Å²) in [6, 6.07) is 9.51. The number of aromatic hydroxyl groups is 1. The quantitative estimate of drug-likeness (QED) is 0.866. The average Bonchev–Trinajstić information content (AvgIpc) is 2.59. The third kappa shape index (κ3) is 2.13. The summed E-state index contributed by atoms with van der Waals surface area (Å²) in [5.41, 5.74) is 2.73. The number of carbonyl (C=O) groups excluding carboxylic acids is 1. The molecule has 0 spiro atoms. The maximum atomic E-state index is 13.1. The van der Waals surface area contributed by atoms with Gasteiger partial charge in [-0.1, -0.05) is 32.9 Å². The second-order valence-corrected chi connectivity index (χ2v) is 8.07. The zero-order valence-electron chi connectivity index (χ0n) is 15.0. The van der Waals surface area contributed by atoms with Gasteiger partial charge in [-0.3, -0.25) is 9.78 Å². The van der Waals surface area contributed by atoms with Crippen molar-refractivity contribution in [3.63, 3.8) is 0 Å². The Balaban J connectivity index is 1.81. The molecule has 0 radical (unpaired) electrons. The highest BCUT2D eigenvalue weighted by Crippen LogP contribution is 2.57. The van der Waals surface area contributed by atoms with Gasteiger partial charge in [0.2, 0.25) is 0 Å². The molecule has 1 fully saturated rings. The number of piperidine rings is 1. The van der Waals surface area contributed by atoms with E-state index in [0.29, 0.717) is 17.7 Å². The van der Waals surface area contributed by atoms with Gasteiger partial charge in [0.25, 0.3) is 5.91 Å². The lowest BCUT2D eigenvalue weighted by atomic mass is 9.51. The van der Waals surface area contributed by atoms with Crippen LogP contribution in [0.5, 0.6) is 5.75 Å². The van der Waals surface area contributed by atoms with Crippen molar-refractivity contribution in [2.45, 2.75) is 45.1 Å². The number of pyridine rings is 1. The van der Waals surface area contributed by atoms with Gasteiger partial charge in [-0.05, 0) is 47.6 Å². The predicted octanol–water partition coefficient (Wildman–Crippen LogP) is 3.54. The topological polar surface area (TPSA) is 53.4 Å². The van der Waals surface area contributed by atoms with E-state index in [1.54, 1.807) is 24.5 Å². The van der Waals surface area contributed by atoms with Gasteiger partial charge in [0.1, 0.15) is 5.75 Å². The molecule has 1 aliphatic heterocycles. The number of nitrogens with zero attached hydrogens (tertiary/aromatic N) is 2. The number of hydrogen-bond acceptors (Lipinski definition) is 3. The maximum Gasteiger partial charge on any atom is 0.255 e. The van der Waals surface area contributed by atoms with Crippen molar-refractivity contribution in [2.24, 2.45) is 5.41 Å². The van der Waals surface area contributed by atoms with Crippen LogP contribution in [0.15, 0.2) is 42.7 Å². The van der Waals surface area contributed by atoms with Crippen LogP contribution >= 0.6 is 0 Å². The Morgan fingerprint density at radius 2 is 2.04 bits per heavy atom. The number of rotatable bonds is 1. The zero-order valence-corrected chi connectivity index (χ0v) is 15.0. The number of phenolic OH excluding ortho intramolecular Hbond substituents is 1. The lowest BCUT2D eigenvalue weighted by molar-refractivity contribution is -0.0266. The number of likely N-dealkylation sites (tertiary alicyclic amines) is 1. The standard InChI is InChI=1S/C21H24N2O2/c1-20(2)18-12-15-16(7-4-8-17(15)24)21(20,3)9-11-23(18)19(25)14-6-5-10-22-13-14/h4-8,10,13,18,24H,9,11-12H2,1-3H3/t18?,21-/m0/s1. The van der Waals surface area contributed by atoms with Gasteiger partial charge in [0.15, 0.2) is 0 Å². The summed E-state index contributed by atoms with van der Waals surface area (Å²) in [4.78, 5) is 19.2. The van der Waals surface area contributed by atoms with Crippen molar-refractivity contribution in [2.75, 3.05) is 6.54 Å². The lowest BCUT2D eigenvalue weighted by Gasteiger charge is -2.60. The molecule has 2 bridgehead atoms. The lowest BCUT2D eigenvalue weighted by Crippen LogP contribution is -2.64. The molecule has 1 aromatic heterocycles. The first kappa shape index (κ1) is 16.1. The number of fused-ring (bicyclic) bond motifs is 4. The van der Waals surface area contributed by atoms with Crippen molar-refractivity contribution >= 4 is 5.91 Å². The average molecular weight is 336 g/mol. The molecule has 4 rings (SSSR count). The van der Waals surface area contributed by atoms with Gasteiger partial charge in [-0.25, -0.2) is 0 Å². The van der Waals surface area contributed by atoms with Crippen molar-refractivity contribution in [1.82, 2.24) is 9.88 Å². The first-order valence-electron chi connectivity index (χ1n) is 8.88. The Morgan fingerprint density at radius 1 is 1.24 bits per heavy atom. The van der Waals surface area contributed by atoms with E-state index >= 15 is 0 Å². The normalized spacial score (nSPS) is 26.8. The Kier molecular flexibility index (Phi) is 3.43. The van der Waals surface area contributed by atoms with Crippen LogP contribution in [0.25, 0.3) is 0 Å². The van der Waals surface area contributed by atoms with Crippen LogP contribution in [0.1, 0.15) is 48.7 Å². The van der Waals surface area contributed by atoms with Crippen LogP contribution in [0, 0.1) is 5.41 Å². The fraction of sp³-hybridized carbons (Fsp3) is 0.429. The molecule has 25 heavy (non-hydrogen) atoms. The van der Waals surface area contributed by atoms with Gasteiger partial charge in [0, 0.05) is 30.4 Å². The molecule has 2 aromatic rings. The molecule has 2 aliphatic rings. The second kappa shape index (κ2) is 5.32. The minimum atomic E-state index is -0.0795. The van der Waals surface area contributed by atoms with E-state index in [2.05, 4.69) is 31.8 Å². The molecule has 2 atom stereocenters. The summed E-state index contributed by atoms with van der Waals surface area (Å²) in [6.45, 7) is 7.53. The van der Waals surface area contributed by atoms with E-state index in [1.165, 1.54) is 5.56 Å². The molecule has 1 aliphatic carbocycles. The Labute approximate surface area is 148 Å². The maximum absolute atomic E-state index is 13.1. The highest BCUT2D eigenvalue weighted by atomic mass is 16.3. The van der Waals surface area contributed by atoms with Gasteiger partial charge < -0.3 is 10.0 Å². The molecular formula is C21H24N2O2. The molecule has 4 heteroatoms. The fourth-order valence-corrected chi connectivity index (χ4v) is 4.82. The number of benzene rings is 1. The minimum Gasteiger partial charge on any atom is -0.508 e. The smallest absolute Gasteiger partial charge is 0.255 e. The monoisotopic (exact) mass is 336 g/mol. The Bertz CT molecular complexity index is 831. The first-order chi connectivity index (χ1) is 11.9. The Morgan fingerprint density at radius 3 is 2.76 bits per heavy atom. The molecule has 0 saturated carbocycles. The van der Waals surface area contributed by atoms with E-state index in [-0.39, 0.29) is 22.8 Å². The molecule has 1 amide bonds. The summed E-state index contributed by atoms with van der Waals surface area (Å²) in [6.07, 6.45) is 4.90. The van der Waals surface area contributed by atoms with E-state index in [1.807, 2.05) is 17.0 Å². The van der Waals surface area contributed by atoms with Crippen LogP contribution < -0.4 is 0 Å². The molecule has 130 valence electrons. The van der Waals surface area contributed by atoms with E-state index < -0.39 is 0 Å². The van der Waals surface area contributed by atoms with Crippen LogP contribution in [0.3, 0.4) is 0 Å². The summed E-state index contributed by atoms with van der Waals surface area (Å²) in [5.74, 6) is 0.381. The third-order valence-electron chi connectivity index (χ3n) is 6.80. The van der Waals surface area contributed by atoms with Crippen molar-refractivity contribution in [3.05, 3.63) is 59.4 Å². The van der Waals surface area contributed by atoms with E-state index in [9.17, 15) is 9.90 Å². The highest BCUT2D eigenvalue weighted by Gasteiger charge is 2.57. The molecule has 2 heterocycles. The summed E-state index contributed by atoms with van der Waals surface area (Å²) in [5, 5.41) is 10.4. The highest BCUT2D eigenvalue weighted by molar-refractivity contribution is 5.94. The Hall–Kier alpha value is -2.36. The van der Waals surface area contributed by atoms with Gasteiger partial charge >= 0.3 is 0 Å². The summed E-state index contributed by atoms with van der Waals surface area (Å²) in [7, 11) is 0. The number of carbonyl (C=O) groups is 1. The molecule has 1 saturated heterocycles. The number of amides is 1. The van der Waals surface area contributed by atoms with E-state index in [4.69, 9.17) is 0 Å². The van der Waals surface area contributed by atoms with Crippen molar-refractivity contribution in [3.8, 4) is 5.75 Å². The van der Waals surface area contributed by atoms with Crippen LogP contribution in [0.4, 0.5) is 0 Å². The van der Waals surface area contributed by atoms with Gasteiger partial charge in [0.05, 0.1) is 5.56 Å². The second-order valence-electron chi connectivity index (χ2n) is 8.07. The SMILES string of the molecule is CC1(C)C2Cc3c(O)cccc3[C@]1(C)CCN2C(=O)c1cccnc1. The molecular weight excluding hydrogens is 312 g/mol. The summed E-state index contributed by atoms with van der Waals surface area (Å²) >= 11 is 0. The minimum absolute atomic E-state index is 0.0343. The largest absolute Gasteiger partial charge is 0.508 e. The van der Waals surface area contributed by atoms with Crippen LogP contribution in [-0.4, -0.2) is 33.5 Å². The number of phenols is 1. The zero-order chi connectivity index (χ0) is 17.8. The van der Waals surface area contributed by atoms with E-state index in [0.717, 1.165) is 18.5 Å². The summed E-state index contributed by atoms with van der Waals surface area (Å²) < 4.78 is 0. The van der Waals surface area contributed by atoms with Gasteiger partial charge in [-0.2, -0.15) is 0 Å². The number of aromatic nitrogens is 1. The number of hydrogen-bond donors (Lipinski definition) is 1. The van der Waals surface area contributed by atoms with Crippen molar-refractivity contribution < 1.29 is 9.90 Å². The van der Waals surface area contributed by atoms with Crippen LogP contribution in [-0.2, 0) is 11.8 Å². The fourth-order valence-electron chi connectivity index (χ4n) is 4.82. The first-order valence-corrected chi connectivity index (χ1v) is 8.88. The van der Waals surface area contributed by atoms with Gasteiger partial charge in [-0.15, -0.1) is 0 Å². The molecule has 4 nitrogen and oxygen atoms in total. The van der Waals surface area contributed by atoms with Crippen LogP contribution in [0.2, 0.25) is 0 Å².